The first-order chi connectivity index (χ1) is 9.29. The number of aliphatic hydroxyl groups is 1. The Morgan fingerprint density at radius 2 is 1.74 bits per heavy atom. The van der Waals surface area contributed by atoms with E-state index in [1.807, 2.05) is 12.1 Å². The molecule has 0 spiro atoms. The molecule has 3 rings (SSSR count). The van der Waals surface area contributed by atoms with Crippen LogP contribution in [0.5, 0.6) is 5.75 Å². The van der Waals surface area contributed by atoms with Crippen molar-refractivity contribution in [1.29, 1.82) is 0 Å². The smallest absolute Gasteiger partial charge is 0.135 e. The molecule has 0 amide bonds. The van der Waals surface area contributed by atoms with Gasteiger partial charge in [-0.3, -0.25) is 0 Å². The molecule has 2 heteroatoms. The molecule has 19 heavy (non-hydrogen) atoms. The third-order valence-electron chi connectivity index (χ3n) is 3.31. The summed E-state index contributed by atoms with van der Waals surface area (Å²) in [6.45, 7) is 2.41. The van der Waals surface area contributed by atoms with E-state index in [9.17, 15) is 0 Å². The van der Waals surface area contributed by atoms with Gasteiger partial charge in [0.2, 0.25) is 0 Å². The van der Waals surface area contributed by atoms with Gasteiger partial charge in [-0.2, -0.15) is 0 Å². The van der Waals surface area contributed by atoms with Crippen molar-refractivity contribution >= 4 is 21.5 Å². The highest BCUT2D eigenvalue weighted by molar-refractivity contribution is 6.05. The van der Waals surface area contributed by atoms with Crippen LogP contribution >= 0.6 is 0 Å². The molecule has 0 atom stereocenters. The summed E-state index contributed by atoms with van der Waals surface area (Å²) < 4.78 is 5.79. The average molecular weight is 252 g/mol. The quantitative estimate of drug-likeness (QED) is 0.721. The maximum absolute atomic E-state index is 9.00. The zero-order valence-electron chi connectivity index (χ0n) is 10.9. The highest BCUT2D eigenvalue weighted by Crippen LogP contribution is 2.35. The molecule has 96 valence electrons. The van der Waals surface area contributed by atoms with E-state index in [4.69, 9.17) is 9.84 Å². The number of ether oxygens (including phenoxy) is 1. The van der Waals surface area contributed by atoms with E-state index in [2.05, 4.69) is 43.3 Å². The predicted octanol–water partition coefficient (Wildman–Crippen LogP) is 3.67. The van der Waals surface area contributed by atoms with Gasteiger partial charge in [0, 0.05) is 10.8 Å². The summed E-state index contributed by atoms with van der Waals surface area (Å²) in [6.07, 6.45) is 0. The van der Waals surface area contributed by atoms with Gasteiger partial charge in [-0.05, 0) is 29.8 Å². The molecule has 0 aliphatic carbocycles. The monoisotopic (exact) mass is 252 g/mol. The molecule has 1 N–H and O–H groups in total. The second-order valence-corrected chi connectivity index (χ2v) is 4.72. The van der Waals surface area contributed by atoms with Crippen molar-refractivity contribution in [2.75, 3.05) is 13.2 Å². The van der Waals surface area contributed by atoms with Crippen LogP contribution in [0.2, 0.25) is 0 Å². The Kier molecular flexibility index (Phi) is 3.10. The molecule has 2 nitrogen and oxygen atoms in total. The van der Waals surface area contributed by atoms with Crippen molar-refractivity contribution < 1.29 is 9.84 Å². The van der Waals surface area contributed by atoms with Crippen molar-refractivity contribution in [1.82, 2.24) is 0 Å². The minimum atomic E-state index is 0.0243. The first kappa shape index (κ1) is 12.0. The Bertz CT molecular complexity index is 732. The largest absolute Gasteiger partial charge is 0.490 e. The first-order valence-corrected chi connectivity index (χ1v) is 6.45. The van der Waals surface area contributed by atoms with Crippen molar-refractivity contribution in [2.45, 2.75) is 6.92 Å². The molecule has 0 bridgehead atoms. The van der Waals surface area contributed by atoms with Crippen molar-refractivity contribution in [3.8, 4) is 5.75 Å². The molecule has 0 saturated carbocycles. The molecule has 0 fully saturated rings. The molecule has 0 aliphatic heterocycles. The molecule has 0 saturated heterocycles. The van der Waals surface area contributed by atoms with Gasteiger partial charge < -0.3 is 9.84 Å². The Morgan fingerprint density at radius 1 is 0.947 bits per heavy atom. The lowest BCUT2D eigenvalue weighted by molar-refractivity contribution is 0.204. The van der Waals surface area contributed by atoms with Crippen LogP contribution in [-0.4, -0.2) is 18.3 Å². The molecule has 0 radical (unpaired) electrons. The van der Waals surface area contributed by atoms with Gasteiger partial charge in [0.25, 0.3) is 0 Å². The molecule has 3 aromatic rings. The third kappa shape index (κ3) is 2.15. The molecule has 0 aromatic heterocycles. The summed E-state index contributed by atoms with van der Waals surface area (Å²) in [6, 6.07) is 16.7. The second-order valence-electron chi connectivity index (χ2n) is 4.72. The fraction of sp³-hybridized carbons (Fsp3) is 0.176. The predicted molar refractivity (Wildman–Crippen MR) is 78.8 cm³/mol. The van der Waals surface area contributed by atoms with Crippen LogP contribution in [0.25, 0.3) is 21.5 Å². The van der Waals surface area contributed by atoms with E-state index in [0.29, 0.717) is 6.61 Å². The minimum Gasteiger partial charge on any atom is -0.490 e. The highest BCUT2D eigenvalue weighted by atomic mass is 16.5. The average Bonchev–Trinajstić information content (AvgIpc) is 2.44. The Labute approximate surface area is 112 Å². The maximum atomic E-state index is 9.00. The van der Waals surface area contributed by atoms with E-state index in [1.165, 1.54) is 5.56 Å². The lowest BCUT2D eigenvalue weighted by Crippen LogP contribution is -2.02. The van der Waals surface area contributed by atoms with E-state index >= 15 is 0 Å². The van der Waals surface area contributed by atoms with Crippen LogP contribution < -0.4 is 4.74 Å². The molecule has 0 aliphatic rings. The van der Waals surface area contributed by atoms with Crippen LogP contribution in [0.15, 0.2) is 48.5 Å². The number of rotatable bonds is 3. The third-order valence-corrected chi connectivity index (χ3v) is 3.31. The lowest BCUT2D eigenvalue weighted by atomic mass is 10.0. The van der Waals surface area contributed by atoms with Crippen LogP contribution in [0, 0.1) is 6.92 Å². The number of hydrogen-bond donors (Lipinski definition) is 1. The van der Waals surface area contributed by atoms with Crippen LogP contribution in [0.3, 0.4) is 0 Å². The van der Waals surface area contributed by atoms with Gasteiger partial charge in [-0.1, -0.05) is 42.0 Å². The van der Waals surface area contributed by atoms with Crippen LogP contribution in [0.1, 0.15) is 5.56 Å². The van der Waals surface area contributed by atoms with E-state index in [0.717, 1.165) is 27.3 Å². The molecule has 3 aromatic carbocycles. The Morgan fingerprint density at radius 3 is 2.58 bits per heavy atom. The summed E-state index contributed by atoms with van der Waals surface area (Å²) in [4.78, 5) is 0. The number of aryl methyl sites for hydroxylation is 1. The van der Waals surface area contributed by atoms with Gasteiger partial charge in [-0.15, -0.1) is 0 Å². The van der Waals surface area contributed by atoms with E-state index in [1.54, 1.807) is 0 Å². The zero-order valence-corrected chi connectivity index (χ0v) is 10.9. The Balaban J connectivity index is 2.36. The fourth-order valence-electron chi connectivity index (χ4n) is 2.44. The normalized spacial score (nSPS) is 11.1. The lowest BCUT2D eigenvalue weighted by Gasteiger charge is -2.13. The summed E-state index contributed by atoms with van der Waals surface area (Å²) in [5.74, 6) is 0.867. The zero-order chi connectivity index (χ0) is 13.2. The second kappa shape index (κ2) is 4.90. The van der Waals surface area contributed by atoms with Crippen LogP contribution in [0.4, 0.5) is 0 Å². The summed E-state index contributed by atoms with van der Waals surface area (Å²) in [7, 11) is 0. The molecular weight excluding hydrogens is 236 g/mol. The molecular formula is C17H16O2. The van der Waals surface area contributed by atoms with E-state index in [-0.39, 0.29) is 6.61 Å². The number of fused-ring (bicyclic) bond motifs is 2. The SMILES string of the molecule is Cc1ccc2cc3ccccc3c(OCCO)c2c1. The number of aliphatic hydroxyl groups excluding tert-OH is 1. The molecule has 0 unspecified atom stereocenters. The van der Waals surface area contributed by atoms with E-state index < -0.39 is 0 Å². The fourth-order valence-corrected chi connectivity index (χ4v) is 2.44. The van der Waals surface area contributed by atoms with Gasteiger partial charge >= 0.3 is 0 Å². The minimum absolute atomic E-state index is 0.0243. The van der Waals surface area contributed by atoms with Gasteiger partial charge in [-0.25, -0.2) is 0 Å². The van der Waals surface area contributed by atoms with Crippen LogP contribution in [-0.2, 0) is 0 Å². The molecule has 0 heterocycles. The standard InChI is InChI=1S/C17H16O2/c1-12-6-7-14-11-13-4-2-3-5-15(13)17(16(14)10-12)19-9-8-18/h2-7,10-11,18H,8-9H2,1H3. The summed E-state index contributed by atoms with van der Waals surface area (Å²) >= 11 is 0. The Hall–Kier alpha value is -2.06. The van der Waals surface area contributed by atoms with Crippen molar-refractivity contribution in [3.05, 3.63) is 54.1 Å². The van der Waals surface area contributed by atoms with Gasteiger partial charge in [0.1, 0.15) is 12.4 Å². The first-order valence-electron chi connectivity index (χ1n) is 6.45. The number of hydrogen-bond acceptors (Lipinski definition) is 2. The number of benzene rings is 3. The maximum Gasteiger partial charge on any atom is 0.135 e. The summed E-state index contributed by atoms with van der Waals surface area (Å²) in [5.41, 5.74) is 1.21. The van der Waals surface area contributed by atoms with Crippen molar-refractivity contribution in [2.24, 2.45) is 0 Å². The van der Waals surface area contributed by atoms with Gasteiger partial charge in [0.05, 0.1) is 6.61 Å². The topological polar surface area (TPSA) is 29.5 Å². The highest BCUT2D eigenvalue weighted by Gasteiger charge is 2.08. The van der Waals surface area contributed by atoms with Gasteiger partial charge in [0.15, 0.2) is 0 Å². The van der Waals surface area contributed by atoms with Crippen molar-refractivity contribution in [3.63, 3.8) is 0 Å². The summed E-state index contributed by atoms with van der Waals surface area (Å²) in [5, 5.41) is 13.5.